The highest BCUT2D eigenvalue weighted by molar-refractivity contribution is 5.88. The van der Waals surface area contributed by atoms with Crippen LogP contribution in [0, 0.1) is 5.92 Å². The van der Waals surface area contributed by atoms with Crippen molar-refractivity contribution in [3.05, 3.63) is 29.8 Å². The number of methoxy groups -OCH3 is 1. The van der Waals surface area contributed by atoms with Crippen molar-refractivity contribution < 1.29 is 14.6 Å². The third kappa shape index (κ3) is 3.30. The van der Waals surface area contributed by atoms with E-state index in [0.29, 0.717) is 11.8 Å². The topological polar surface area (TPSA) is 49.8 Å². The fraction of sp³-hybridized carbons (Fsp3) is 0.650. The fourth-order valence-electron chi connectivity index (χ4n) is 4.31. The molecule has 0 radical (unpaired) electrons. The van der Waals surface area contributed by atoms with Gasteiger partial charge >= 0.3 is 0 Å². The molecule has 4 nitrogen and oxygen atoms in total. The van der Waals surface area contributed by atoms with Crippen molar-refractivity contribution in [1.82, 2.24) is 4.90 Å². The van der Waals surface area contributed by atoms with E-state index in [4.69, 9.17) is 4.74 Å². The summed E-state index contributed by atoms with van der Waals surface area (Å²) in [5.41, 5.74) is 0.772. The molecule has 132 valence electrons. The SMILES string of the molecule is COc1ccc(C2(C(=O)N3CCC(CO)CC3)CCCCC2)cc1. The Hall–Kier alpha value is -1.55. The highest BCUT2D eigenvalue weighted by Gasteiger charge is 2.44. The van der Waals surface area contributed by atoms with Gasteiger partial charge in [-0.3, -0.25) is 4.79 Å². The second-order valence-electron chi connectivity index (χ2n) is 7.29. The van der Waals surface area contributed by atoms with Crippen LogP contribution in [0.5, 0.6) is 5.75 Å². The lowest BCUT2D eigenvalue weighted by Gasteiger charge is -2.42. The Morgan fingerprint density at radius 2 is 1.79 bits per heavy atom. The molecule has 1 aliphatic carbocycles. The highest BCUT2D eigenvalue weighted by Crippen LogP contribution is 2.42. The van der Waals surface area contributed by atoms with Gasteiger partial charge in [-0.05, 0) is 49.3 Å². The lowest BCUT2D eigenvalue weighted by atomic mass is 9.68. The Morgan fingerprint density at radius 1 is 1.17 bits per heavy atom. The molecule has 3 rings (SSSR count). The zero-order valence-corrected chi connectivity index (χ0v) is 14.7. The Balaban J connectivity index is 1.83. The highest BCUT2D eigenvalue weighted by atomic mass is 16.5. The maximum atomic E-state index is 13.5. The van der Waals surface area contributed by atoms with Crippen LogP contribution in [0.1, 0.15) is 50.5 Å². The Bertz CT molecular complexity index is 541. The molecular weight excluding hydrogens is 302 g/mol. The van der Waals surface area contributed by atoms with E-state index in [2.05, 4.69) is 12.1 Å². The van der Waals surface area contributed by atoms with E-state index in [9.17, 15) is 9.90 Å². The third-order valence-corrected chi connectivity index (χ3v) is 5.92. The maximum absolute atomic E-state index is 13.5. The van der Waals surface area contributed by atoms with Crippen molar-refractivity contribution in [3.63, 3.8) is 0 Å². The molecule has 24 heavy (non-hydrogen) atoms. The number of hydrogen-bond acceptors (Lipinski definition) is 3. The van der Waals surface area contributed by atoms with Gasteiger partial charge in [0, 0.05) is 19.7 Å². The number of amides is 1. The van der Waals surface area contributed by atoms with E-state index < -0.39 is 0 Å². The van der Waals surface area contributed by atoms with Crippen molar-refractivity contribution in [2.45, 2.75) is 50.4 Å². The van der Waals surface area contributed by atoms with E-state index in [1.165, 1.54) is 6.42 Å². The zero-order valence-electron chi connectivity index (χ0n) is 14.7. The molecule has 1 aliphatic heterocycles. The number of piperidine rings is 1. The Kier molecular flexibility index (Phi) is 5.44. The van der Waals surface area contributed by atoms with Crippen molar-refractivity contribution >= 4 is 5.91 Å². The first-order chi connectivity index (χ1) is 11.7. The van der Waals surface area contributed by atoms with Crippen LogP contribution in [0.4, 0.5) is 0 Å². The molecule has 2 aliphatic rings. The van der Waals surface area contributed by atoms with Gasteiger partial charge in [-0.25, -0.2) is 0 Å². The van der Waals surface area contributed by atoms with Crippen LogP contribution in [-0.2, 0) is 10.2 Å². The van der Waals surface area contributed by atoms with E-state index in [-0.39, 0.29) is 12.0 Å². The average molecular weight is 331 g/mol. The first kappa shape index (κ1) is 17.3. The summed E-state index contributed by atoms with van der Waals surface area (Å²) in [6.45, 7) is 1.80. The molecule has 1 aromatic carbocycles. The number of benzene rings is 1. The van der Waals surface area contributed by atoms with Crippen molar-refractivity contribution in [2.24, 2.45) is 5.92 Å². The van der Waals surface area contributed by atoms with Crippen LogP contribution in [0.25, 0.3) is 0 Å². The summed E-state index contributed by atoms with van der Waals surface area (Å²) in [6, 6.07) is 8.08. The Labute approximate surface area is 144 Å². The normalized spacial score (nSPS) is 21.5. The summed E-state index contributed by atoms with van der Waals surface area (Å²) in [6.07, 6.45) is 7.17. The minimum absolute atomic E-state index is 0.242. The maximum Gasteiger partial charge on any atom is 0.233 e. The van der Waals surface area contributed by atoms with E-state index in [1.54, 1.807) is 7.11 Å². The smallest absolute Gasteiger partial charge is 0.233 e. The molecule has 0 atom stereocenters. The quantitative estimate of drug-likeness (QED) is 0.922. The molecule has 0 aromatic heterocycles. The number of carbonyl (C=O) groups excluding carboxylic acids is 1. The molecule has 1 aromatic rings. The van der Waals surface area contributed by atoms with Gasteiger partial charge in [-0.1, -0.05) is 31.4 Å². The molecule has 1 saturated carbocycles. The van der Waals surface area contributed by atoms with Gasteiger partial charge in [-0.2, -0.15) is 0 Å². The first-order valence-electron chi connectivity index (χ1n) is 9.24. The van der Waals surface area contributed by atoms with Crippen LogP contribution < -0.4 is 4.74 Å². The molecule has 4 heteroatoms. The number of hydrogen-bond donors (Lipinski definition) is 1. The number of aliphatic hydroxyl groups excluding tert-OH is 1. The van der Waals surface area contributed by atoms with Crippen LogP contribution in [-0.4, -0.2) is 42.7 Å². The summed E-state index contributed by atoms with van der Waals surface area (Å²) in [5, 5.41) is 9.33. The average Bonchev–Trinajstić information content (AvgIpc) is 2.68. The lowest BCUT2D eigenvalue weighted by Crippen LogP contribution is -2.50. The van der Waals surface area contributed by atoms with Crippen LogP contribution in [0.15, 0.2) is 24.3 Å². The van der Waals surface area contributed by atoms with E-state index in [0.717, 1.165) is 62.9 Å². The largest absolute Gasteiger partial charge is 0.497 e. The van der Waals surface area contributed by atoms with Crippen molar-refractivity contribution in [2.75, 3.05) is 26.8 Å². The monoisotopic (exact) mass is 331 g/mol. The summed E-state index contributed by atoms with van der Waals surface area (Å²) in [7, 11) is 1.67. The number of aliphatic hydroxyl groups is 1. The van der Waals surface area contributed by atoms with Gasteiger partial charge in [0.05, 0.1) is 12.5 Å². The molecule has 2 fully saturated rings. The van der Waals surface area contributed by atoms with Gasteiger partial charge < -0.3 is 14.7 Å². The summed E-state index contributed by atoms with van der Waals surface area (Å²) in [5.74, 6) is 1.49. The number of likely N-dealkylation sites (tertiary alicyclic amines) is 1. The van der Waals surface area contributed by atoms with Gasteiger partial charge in [0.15, 0.2) is 0 Å². The number of carbonyl (C=O) groups is 1. The number of rotatable bonds is 4. The molecule has 0 spiro atoms. The molecule has 0 unspecified atom stereocenters. The first-order valence-corrected chi connectivity index (χ1v) is 9.24. The molecular formula is C20H29NO3. The van der Waals surface area contributed by atoms with Gasteiger partial charge in [0.2, 0.25) is 5.91 Å². The second-order valence-corrected chi connectivity index (χ2v) is 7.29. The summed E-state index contributed by atoms with van der Waals surface area (Å²) < 4.78 is 5.27. The minimum Gasteiger partial charge on any atom is -0.497 e. The molecule has 0 bridgehead atoms. The number of nitrogens with zero attached hydrogens (tertiary/aromatic N) is 1. The standard InChI is InChI=1S/C20H29NO3/c1-24-18-7-5-17(6-8-18)20(11-3-2-4-12-20)19(23)21-13-9-16(15-22)10-14-21/h5-8,16,22H,2-4,9-15H2,1H3. The van der Waals surface area contributed by atoms with Crippen molar-refractivity contribution in [3.8, 4) is 5.75 Å². The number of ether oxygens (including phenoxy) is 1. The predicted octanol–water partition coefficient (Wildman–Crippen LogP) is 3.13. The summed E-state index contributed by atoms with van der Waals surface area (Å²) >= 11 is 0. The molecule has 1 amide bonds. The van der Waals surface area contributed by atoms with Gasteiger partial charge in [-0.15, -0.1) is 0 Å². The lowest BCUT2D eigenvalue weighted by molar-refractivity contribution is -0.140. The third-order valence-electron chi connectivity index (χ3n) is 5.92. The van der Waals surface area contributed by atoms with Gasteiger partial charge in [0.1, 0.15) is 5.75 Å². The fourth-order valence-corrected chi connectivity index (χ4v) is 4.31. The second kappa shape index (κ2) is 7.56. The van der Waals surface area contributed by atoms with Gasteiger partial charge in [0.25, 0.3) is 0 Å². The molecule has 1 N–H and O–H groups in total. The molecule has 1 heterocycles. The van der Waals surface area contributed by atoms with E-state index in [1.807, 2.05) is 17.0 Å². The minimum atomic E-state index is -0.365. The Morgan fingerprint density at radius 3 is 2.33 bits per heavy atom. The van der Waals surface area contributed by atoms with E-state index >= 15 is 0 Å². The molecule has 1 saturated heterocycles. The predicted molar refractivity (Wildman–Crippen MR) is 94.1 cm³/mol. The van der Waals surface area contributed by atoms with Crippen LogP contribution >= 0.6 is 0 Å². The zero-order chi connectivity index (χ0) is 17.0. The van der Waals surface area contributed by atoms with Crippen LogP contribution in [0.3, 0.4) is 0 Å². The summed E-state index contributed by atoms with van der Waals surface area (Å²) in [4.78, 5) is 15.5. The van der Waals surface area contributed by atoms with Crippen molar-refractivity contribution in [1.29, 1.82) is 0 Å². The van der Waals surface area contributed by atoms with Crippen LogP contribution in [0.2, 0.25) is 0 Å².